The minimum absolute atomic E-state index is 0.520. The molecule has 1 unspecified atom stereocenters. The van der Waals surface area contributed by atoms with E-state index in [0.717, 1.165) is 28.8 Å². The number of hydrogen-bond acceptors (Lipinski definition) is 3. The lowest BCUT2D eigenvalue weighted by Gasteiger charge is -2.19. The average molecular weight is 313 g/mol. The third kappa shape index (κ3) is 3.46. The fourth-order valence-corrected chi connectivity index (χ4v) is 2.82. The van der Waals surface area contributed by atoms with E-state index in [1.807, 2.05) is 18.2 Å². The van der Waals surface area contributed by atoms with E-state index in [4.69, 9.17) is 10.5 Å². The smallest absolute Gasteiger partial charge is 0.124 e. The van der Waals surface area contributed by atoms with Crippen molar-refractivity contribution in [2.45, 2.75) is 31.8 Å². The molecule has 0 amide bonds. The van der Waals surface area contributed by atoms with Crippen molar-refractivity contribution in [2.75, 3.05) is 20.2 Å². The summed E-state index contributed by atoms with van der Waals surface area (Å²) < 4.78 is 6.92. The average Bonchev–Trinajstić information content (AvgIpc) is 2.76. The molecule has 1 aromatic carbocycles. The summed E-state index contributed by atoms with van der Waals surface area (Å²) in [4.78, 5) is 2.42. The Balaban J connectivity index is 1.87. The summed E-state index contributed by atoms with van der Waals surface area (Å²) in [5, 5.41) is 0. The summed E-state index contributed by atoms with van der Waals surface area (Å²) in [6.07, 6.45) is 3.70. The van der Waals surface area contributed by atoms with Crippen molar-refractivity contribution in [1.82, 2.24) is 4.90 Å². The van der Waals surface area contributed by atoms with Gasteiger partial charge in [0.25, 0.3) is 0 Å². The molecule has 0 radical (unpaired) electrons. The number of halogens is 1. The molecule has 2 rings (SSSR count). The number of nitrogens with two attached hydrogens (primary N) is 1. The molecule has 1 saturated heterocycles. The van der Waals surface area contributed by atoms with E-state index >= 15 is 0 Å². The van der Waals surface area contributed by atoms with Crippen molar-refractivity contribution in [3.8, 4) is 5.75 Å². The predicted octanol–water partition coefficient (Wildman–Crippen LogP) is 2.77. The van der Waals surface area contributed by atoms with Gasteiger partial charge in [-0.25, -0.2) is 0 Å². The second-order valence-electron chi connectivity index (χ2n) is 4.87. The van der Waals surface area contributed by atoms with Gasteiger partial charge in [0, 0.05) is 22.6 Å². The highest BCUT2D eigenvalue weighted by Gasteiger charge is 2.20. The fraction of sp³-hybridized carbons (Fsp3) is 0.571. The fourth-order valence-electron chi connectivity index (χ4n) is 2.48. The molecule has 0 spiro atoms. The second kappa shape index (κ2) is 6.55. The Kier molecular flexibility index (Phi) is 5.03. The zero-order valence-electron chi connectivity index (χ0n) is 10.9. The third-order valence-electron chi connectivity index (χ3n) is 3.63. The molecule has 0 aromatic heterocycles. The van der Waals surface area contributed by atoms with Crippen molar-refractivity contribution in [2.24, 2.45) is 5.73 Å². The lowest BCUT2D eigenvalue weighted by atomic mass is 10.1. The van der Waals surface area contributed by atoms with Crippen LogP contribution in [0.25, 0.3) is 0 Å². The highest BCUT2D eigenvalue weighted by Crippen LogP contribution is 2.24. The van der Waals surface area contributed by atoms with Gasteiger partial charge in [0.15, 0.2) is 0 Å². The molecule has 1 heterocycles. The molecule has 1 aliphatic heterocycles. The van der Waals surface area contributed by atoms with E-state index < -0.39 is 0 Å². The molecule has 0 aliphatic carbocycles. The van der Waals surface area contributed by atoms with E-state index in [1.54, 1.807) is 0 Å². The van der Waals surface area contributed by atoms with Gasteiger partial charge in [-0.1, -0.05) is 22.0 Å². The third-order valence-corrected chi connectivity index (χ3v) is 4.12. The molecule has 1 atom stereocenters. The molecule has 18 heavy (non-hydrogen) atoms. The van der Waals surface area contributed by atoms with Crippen LogP contribution in [0.15, 0.2) is 22.7 Å². The quantitative estimate of drug-likeness (QED) is 0.908. The van der Waals surface area contributed by atoms with E-state index in [2.05, 4.69) is 27.9 Å². The van der Waals surface area contributed by atoms with E-state index in [-0.39, 0.29) is 0 Å². The molecule has 0 bridgehead atoms. The SMILES string of the molecule is CN1CCCC1CCOc1cc(Br)ccc1CN. The van der Waals surface area contributed by atoms with Crippen LogP contribution in [0.5, 0.6) is 5.75 Å². The van der Waals surface area contributed by atoms with E-state index in [1.165, 1.54) is 19.4 Å². The monoisotopic (exact) mass is 312 g/mol. The first-order valence-electron chi connectivity index (χ1n) is 6.52. The normalized spacial score (nSPS) is 20.3. The van der Waals surface area contributed by atoms with Crippen LogP contribution in [-0.4, -0.2) is 31.1 Å². The molecule has 1 aromatic rings. The summed E-state index contributed by atoms with van der Waals surface area (Å²) in [5.41, 5.74) is 6.78. The summed E-state index contributed by atoms with van der Waals surface area (Å²) in [7, 11) is 2.20. The first-order chi connectivity index (χ1) is 8.70. The minimum atomic E-state index is 0.520. The van der Waals surface area contributed by atoms with Gasteiger partial charge in [-0.3, -0.25) is 0 Å². The van der Waals surface area contributed by atoms with Crippen molar-refractivity contribution in [3.63, 3.8) is 0 Å². The van der Waals surface area contributed by atoms with Gasteiger partial charge in [0.1, 0.15) is 5.75 Å². The molecular formula is C14H21BrN2O. The van der Waals surface area contributed by atoms with Crippen LogP contribution in [0, 0.1) is 0 Å². The Labute approximate surface area is 117 Å². The maximum absolute atomic E-state index is 5.88. The number of nitrogens with zero attached hydrogens (tertiary/aromatic N) is 1. The Hall–Kier alpha value is -0.580. The van der Waals surface area contributed by atoms with Crippen molar-refractivity contribution in [3.05, 3.63) is 28.2 Å². The zero-order chi connectivity index (χ0) is 13.0. The van der Waals surface area contributed by atoms with Crippen LogP contribution < -0.4 is 10.5 Å². The maximum atomic E-state index is 5.88. The Morgan fingerprint density at radius 1 is 1.50 bits per heavy atom. The highest BCUT2D eigenvalue weighted by atomic mass is 79.9. The van der Waals surface area contributed by atoms with Crippen molar-refractivity contribution >= 4 is 15.9 Å². The van der Waals surface area contributed by atoms with Crippen LogP contribution in [0.2, 0.25) is 0 Å². The Bertz CT molecular complexity index is 397. The Morgan fingerprint density at radius 2 is 2.33 bits per heavy atom. The van der Waals surface area contributed by atoms with Crippen LogP contribution in [-0.2, 0) is 6.54 Å². The van der Waals surface area contributed by atoms with Gasteiger partial charge in [0.05, 0.1) is 6.61 Å². The molecule has 3 nitrogen and oxygen atoms in total. The van der Waals surface area contributed by atoms with Gasteiger partial charge in [-0.2, -0.15) is 0 Å². The lowest BCUT2D eigenvalue weighted by molar-refractivity contribution is 0.232. The van der Waals surface area contributed by atoms with Crippen LogP contribution in [0.3, 0.4) is 0 Å². The van der Waals surface area contributed by atoms with Gasteiger partial charge in [0.2, 0.25) is 0 Å². The molecule has 1 aliphatic rings. The summed E-state index contributed by atoms with van der Waals surface area (Å²) in [6, 6.07) is 6.69. The first-order valence-corrected chi connectivity index (χ1v) is 7.31. The zero-order valence-corrected chi connectivity index (χ0v) is 12.4. The topological polar surface area (TPSA) is 38.5 Å². The molecule has 2 N–H and O–H groups in total. The minimum Gasteiger partial charge on any atom is -0.493 e. The number of ether oxygens (including phenoxy) is 1. The van der Waals surface area contributed by atoms with Gasteiger partial charge in [-0.05, 0) is 45.0 Å². The molecule has 100 valence electrons. The second-order valence-corrected chi connectivity index (χ2v) is 5.79. The summed E-state index contributed by atoms with van der Waals surface area (Å²) in [5.74, 6) is 0.910. The van der Waals surface area contributed by atoms with Crippen LogP contribution in [0.4, 0.5) is 0 Å². The van der Waals surface area contributed by atoms with Crippen molar-refractivity contribution in [1.29, 1.82) is 0 Å². The van der Waals surface area contributed by atoms with E-state index in [9.17, 15) is 0 Å². The van der Waals surface area contributed by atoms with Crippen LogP contribution in [0.1, 0.15) is 24.8 Å². The summed E-state index contributed by atoms with van der Waals surface area (Å²) in [6.45, 7) is 2.50. The predicted molar refractivity (Wildman–Crippen MR) is 77.8 cm³/mol. The first kappa shape index (κ1) is 13.8. The standard InChI is InChI=1S/C14H21BrN2O/c1-17-7-2-3-13(17)6-8-18-14-9-12(15)5-4-11(14)10-16/h4-5,9,13H,2-3,6-8,10,16H2,1H3. The van der Waals surface area contributed by atoms with Gasteiger partial charge >= 0.3 is 0 Å². The maximum Gasteiger partial charge on any atom is 0.124 e. The van der Waals surface area contributed by atoms with E-state index in [0.29, 0.717) is 12.6 Å². The van der Waals surface area contributed by atoms with Gasteiger partial charge < -0.3 is 15.4 Å². The Morgan fingerprint density at radius 3 is 3.00 bits per heavy atom. The number of rotatable bonds is 5. The highest BCUT2D eigenvalue weighted by molar-refractivity contribution is 9.10. The van der Waals surface area contributed by atoms with Crippen molar-refractivity contribution < 1.29 is 4.74 Å². The number of hydrogen-bond donors (Lipinski definition) is 1. The lowest BCUT2D eigenvalue weighted by Crippen LogP contribution is -2.26. The number of benzene rings is 1. The largest absolute Gasteiger partial charge is 0.493 e. The molecule has 4 heteroatoms. The summed E-state index contributed by atoms with van der Waals surface area (Å²) >= 11 is 3.46. The van der Waals surface area contributed by atoms with Gasteiger partial charge in [-0.15, -0.1) is 0 Å². The van der Waals surface area contributed by atoms with Crippen LogP contribution >= 0.6 is 15.9 Å². The number of likely N-dealkylation sites (tertiary alicyclic amines) is 1. The molecular weight excluding hydrogens is 292 g/mol. The molecule has 0 saturated carbocycles. The molecule has 1 fully saturated rings.